The number of hydrogen-bond donors (Lipinski definition) is 1. The minimum Gasteiger partial charge on any atom is -0.369 e. The maximum Gasteiger partial charge on any atom is 0.215 e. The number of rotatable bonds is 7. The maximum atomic E-state index is 11.6. The van der Waals surface area contributed by atoms with Gasteiger partial charge in [-0.25, -0.2) is 22.7 Å². The number of sulfonamides is 1. The van der Waals surface area contributed by atoms with Crippen LogP contribution in [-0.4, -0.2) is 49.1 Å². The summed E-state index contributed by atoms with van der Waals surface area (Å²) in [5.41, 5.74) is 0. The Labute approximate surface area is 119 Å². The fourth-order valence-corrected chi connectivity index (χ4v) is 2.31. The molecule has 19 heavy (non-hydrogen) atoms. The second-order valence-electron chi connectivity index (χ2n) is 4.27. The molecule has 6 nitrogen and oxygen atoms in total. The molecule has 1 heterocycles. The minimum absolute atomic E-state index is 0.00470. The molecular formula is C11H19ClN4O2S. The molecule has 0 radical (unpaired) electrons. The van der Waals surface area contributed by atoms with Crippen LogP contribution >= 0.6 is 11.6 Å². The summed E-state index contributed by atoms with van der Waals surface area (Å²) in [6, 6.07) is 1.59. The first-order chi connectivity index (χ1) is 8.85. The molecule has 0 aliphatic heterocycles. The quantitative estimate of drug-likeness (QED) is 0.770. The molecule has 0 aliphatic carbocycles. The Hall–Kier alpha value is -0.920. The van der Waals surface area contributed by atoms with Crippen LogP contribution < -0.4 is 5.32 Å². The largest absolute Gasteiger partial charge is 0.369 e. The third-order valence-corrected chi connectivity index (χ3v) is 4.46. The van der Waals surface area contributed by atoms with Gasteiger partial charge in [0, 0.05) is 33.1 Å². The van der Waals surface area contributed by atoms with E-state index in [2.05, 4.69) is 15.3 Å². The van der Waals surface area contributed by atoms with Crippen molar-refractivity contribution in [2.75, 3.05) is 31.7 Å². The third-order valence-electron chi connectivity index (χ3n) is 2.44. The van der Waals surface area contributed by atoms with E-state index in [-0.39, 0.29) is 12.3 Å². The first-order valence-electron chi connectivity index (χ1n) is 6.02. The fourth-order valence-electron chi connectivity index (χ4n) is 1.38. The lowest BCUT2D eigenvalue weighted by molar-refractivity contribution is 0.521. The van der Waals surface area contributed by atoms with Crippen molar-refractivity contribution < 1.29 is 8.42 Å². The van der Waals surface area contributed by atoms with E-state index >= 15 is 0 Å². The highest BCUT2D eigenvalue weighted by Gasteiger charge is 2.13. The van der Waals surface area contributed by atoms with Gasteiger partial charge in [-0.05, 0) is 6.42 Å². The van der Waals surface area contributed by atoms with Crippen LogP contribution in [0.25, 0.3) is 0 Å². The molecule has 0 aliphatic rings. The normalized spacial score (nSPS) is 11.8. The lowest BCUT2D eigenvalue weighted by atomic mass is 10.3. The van der Waals surface area contributed by atoms with E-state index in [0.29, 0.717) is 16.8 Å². The van der Waals surface area contributed by atoms with Gasteiger partial charge in [-0.3, -0.25) is 0 Å². The number of halogens is 1. The third kappa shape index (κ3) is 5.30. The molecule has 1 rings (SSSR count). The molecule has 0 atom stereocenters. The Balaban J connectivity index is 2.63. The lowest BCUT2D eigenvalue weighted by Gasteiger charge is -2.12. The smallest absolute Gasteiger partial charge is 0.215 e. The number of nitrogens with zero attached hydrogens (tertiary/aromatic N) is 3. The van der Waals surface area contributed by atoms with Crippen molar-refractivity contribution in [1.29, 1.82) is 0 Å². The lowest BCUT2D eigenvalue weighted by Crippen LogP contribution is -2.28. The van der Waals surface area contributed by atoms with Gasteiger partial charge in [0.2, 0.25) is 10.0 Å². The van der Waals surface area contributed by atoms with E-state index in [4.69, 9.17) is 11.6 Å². The van der Waals surface area contributed by atoms with Crippen molar-refractivity contribution in [3.05, 3.63) is 17.0 Å². The minimum atomic E-state index is -3.20. The molecule has 8 heteroatoms. The molecule has 0 unspecified atom stereocenters. The zero-order valence-electron chi connectivity index (χ0n) is 11.4. The average molecular weight is 307 g/mol. The summed E-state index contributed by atoms with van der Waals surface area (Å²) in [5.74, 6) is 1.22. The molecule has 0 spiro atoms. The average Bonchev–Trinajstić information content (AvgIpc) is 2.28. The Bertz CT molecular complexity index is 519. The van der Waals surface area contributed by atoms with Crippen LogP contribution in [-0.2, 0) is 16.4 Å². The van der Waals surface area contributed by atoms with Gasteiger partial charge in [0.1, 0.15) is 16.8 Å². The SMILES string of the molecule is CCCc1nc(Cl)cc(NCCS(=O)(=O)N(C)C)n1. The van der Waals surface area contributed by atoms with E-state index in [1.807, 2.05) is 6.92 Å². The zero-order valence-corrected chi connectivity index (χ0v) is 12.9. The van der Waals surface area contributed by atoms with Crippen molar-refractivity contribution in [2.24, 2.45) is 0 Å². The number of hydrogen-bond acceptors (Lipinski definition) is 5. The summed E-state index contributed by atoms with van der Waals surface area (Å²) in [6.45, 7) is 2.31. The molecule has 1 aromatic rings. The molecule has 1 aromatic heterocycles. The molecule has 0 bridgehead atoms. The Morgan fingerprint density at radius 1 is 1.37 bits per heavy atom. The fraction of sp³-hybridized carbons (Fsp3) is 0.636. The Morgan fingerprint density at radius 3 is 2.63 bits per heavy atom. The molecule has 0 saturated heterocycles. The predicted molar refractivity (Wildman–Crippen MR) is 77.0 cm³/mol. The van der Waals surface area contributed by atoms with E-state index in [1.54, 1.807) is 6.07 Å². The van der Waals surface area contributed by atoms with Gasteiger partial charge < -0.3 is 5.32 Å². The summed E-state index contributed by atoms with van der Waals surface area (Å²) in [5, 5.41) is 3.31. The molecule has 0 fully saturated rings. The van der Waals surface area contributed by atoms with Crippen LogP contribution in [0.5, 0.6) is 0 Å². The monoisotopic (exact) mass is 306 g/mol. The van der Waals surface area contributed by atoms with Crippen LogP contribution in [0.15, 0.2) is 6.07 Å². The first kappa shape index (κ1) is 16.1. The van der Waals surface area contributed by atoms with Crippen molar-refractivity contribution in [1.82, 2.24) is 14.3 Å². The van der Waals surface area contributed by atoms with E-state index in [0.717, 1.165) is 12.8 Å². The second-order valence-corrected chi connectivity index (χ2v) is 6.96. The number of nitrogens with one attached hydrogen (secondary N) is 1. The van der Waals surface area contributed by atoms with Crippen LogP contribution in [0.4, 0.5) is 5.82 Å². The van der Waals surface area contributed by atoms with Gasteiger partial charge in [0.25, 0.3) is 0 Å². The molecule has 108 valence electrons. The van der Waals surface area contributed by atoms with Crippen LogP contribution in [0.1, 0.15) is 19.2 Å². The molecule has 0 aromatic carbocycles. The Morgan fingerprint density at radius 2 is 2.05 bits per heavy atom. The number of aromatic nitrogens is 2. The summed E-state index contributed by atoms with van der Waals surface area (Å²) in [7, 11) is -0.184. The van der Waals surface area contributed by atoms with Gasteiger partial charge >= 0.3 is 0 Å². The predicted octanol–water partition coefficient (Wildman–Crippen LogP) is 1.39. The highest BCUT2D eigenvalue weighted by atomic mass is 35.5. The van der Waals surface area contributed by atoms with Crippen LogP contribution in [0.2, 0.25) is 5.15 Å². The van der Waals surface area contributed by atoms with Crippen LogP contribution in [0.3, 0.4) is 0 Å². The number of anilines is 1. The first-order valence-corrected chi connectivity index (χ1v) is 8.01. The standard InChI is InChI=1S/C11H19ClN4O2S/c1-4-5-10-14-9(12)8-11(15-10)13-6-7-19(17,18)16(2)3/h8H,4-7H2,1-3H3,(H,13,14,15). The van der Waals surface area contributed by atoms with E-state index in [1.165, 1.54) is 18.4 Å². The van der Waals surface area contributed by atoms with Crippen LogP contribution in [0, 0.1) is 0 Å². The summed E-state index contributed by atoms with van der Waals surface area (Å²) < 4.78 is 24.4. The van der Waals surface area contributed by atoms with Crippen molar-refractivity contribution in [3.63, 3.8) is 0 Å². The second kappa shape index (κ2) is 7.02. The number of aryl methyl sites for hydroxylation is 1. The molecule has 0 saturated carbocycles. The van der Waals surface area contributed by atoms with Gasteiger partial charge in [-0.1, -0.05) is 18.5 Å². The summed E-state index contributed by atoms with van der Waals surface area (Å²) in [6.07, 6.45) is 1.67. The van der Waals surface area contributed by atoms with Gasteiger partial charge in [-0.15, -0.1) is 0 Å². The molecular weight excluding hydrogens is 288 g/mol. The topological polar surface area (TPSA) is 75.2 Å². The van der Waals surface area contributed by atoms with E-state index in [9.17, 15) is 8.42 Å². The van der Waals surface area contributed by atoms with Crippen molar-refractivity contribution in [3.8, 4) is 0 Å². The molecule has 0 amide bonds. The Kier molecular flexibility index (Phi) is 5.96. The maximum absolute atomic E-state index is 11.6. The van der Waals surface area contributed by atoms with E-state index < -0.39 is 10.0 Å². The summed E-state index contributed by atoms with van der Waals surface area (Å²) >= 11 is 5.89. The highest BCUT2D eigenvalue weighted by molar-refractivity contribution is 7.89. The van der Waals surface area contributed by atoms with Crippen molar-refractivity contribution in [2.45, 2.75) is 19.8 Å². The summed E-state index contributed by atoms with van der Waals surface area (Å²) in [4.78, 5) is 8.37. The van der Waals surface area contributed by atoms with Gasteiger partial charge in [-0.2, -0.15) is 0 Å². The van der Waals surface area contributed by atoms with Crippen molar-refractivity contribution >= 4 is 27.4 Å². The van der Waals surface area contributed by atoms with Gasteiger partial charge in [0.05, 0.1) is 5.75 Å². The highest BCUT2D eigenvalue weighted by Crippen LogP contribution is 2.12. The zero-order chi connectivity index (χ0) is 14.5. The molecule has 1 N–H and O–H groups in total. The van der Waals surface area contributed by atoms with Gasteiger partial charge in [0.15, 0.2) is 0 Å².